The second-order valence-corrected chi connectivity index (χ2v) is 8.64. The third kappa shape index (κ3) is 3.87. The maximum Gasteiger partial charge on any atom is 0.282 e. The van der Waals surface area contributed by atoms with E-state index in [9.17, 15) is 9.18 Å². The summed E-state index contributed by atoms with van der Waals surface area (Å²) in [6.45, 7) is 0. The second kappa shape index (κ2) is 8.48. The van der Waals surface area contributed by atoms with Crippen molar-refractivity contribution in [1.82, 2.24) is 9.66 Å². The van der Waals surface area contributed by atoms with Gasteiger partial charge in [-0.3, -0.25) is 4.79 Å². The van der Waals surface area contributed by atoms with Gasteiger partial charge in [-0.05, 0) is 70.5 Å². The van der Waals surface area contributed by atoms with Crippen molar-refractivity contribution in [1.29, 1.82) is 0 Å². The molecule has 0 aliphatic heterocycles. The van der Waals surface area contributed by atoms with Crippen LogP contribution >= 0.6 is 15.9 Å². The van der Waals surface area contributed by atoms with Crippen LogP contribution in [0, 0.1) is 5.82 Å². The highest BCUT2D eigenvalue weighted by Crippen LogP contribution is 2.30. The maximum absolute atomic E-state index is 13.4. The van der Waals surface area contributed by atoms with Gasteiger partial charge in [0.15, 0.2) is 5.76 Å². The maximum atomic E-state index is 13.4. The van der Waals surface area contributed by atoms with Gasteiger partial charge in [-0.1, -0.05) is 30.3 Å². The first-order valence-corrected chi connectivity index (χ1v) is 11.5. The van der Waals surface area contributed by atoms with Crippen LogP contribution < -0.4 is 5.56 Å². The molecule has 0 amide bonds. The minimum atomic E-state index is -0.352. The molecule has 3 aromatic heterocycles. The van der Waals surface area contributed by atoms with E-state index in [1.165, 1.54) is 23.0 Å². The van der Waals surface area contributed by atoms with E-state index in [1.807, 2.05) is 36.4 Å². The van der Waals surface area contributed by atoms with Crippen LogP contribution in [0.4, 0.5) is 4.39 Å². The summed E-state index contributed by atoms with van der Waals surface area (Å²) in [7, 11) is 0. The number of nitrogens with zero attached hydrogens (tertiary/aromatic N) is 3. The molecule has 0 aliphatic rings. The number of furan rings is 2. The Morgan fingerprint density at radius 2 is 1.74 bits per heavy atom. The fourth-order valence-corrected chi connectivity index (χ4v) is 4.40. The predicted molar refractivity (Wildman–Crippen MR) is 136 cm³/mol. The van der Waals surface area contributed by atoms with E-state index in [1.54, 1.807) is 36.4 Å². The number of benzene rings is 3. The standard InChI is InChI=1S/C27H15BrFN3O3/c28-21-14-17(29)9-11-19(21)24-12-10-18(34-24)15-30-32-26(25-13-16-5-1-4-8-23(16)35-25)31-22-7-3-2-6-20(22)27(32)33/h1-15H. The Bertz CT molecular complexity index is 1780. The molecule has 6 aromatic rings. The van der Waals surface area contributed by atoms with Gasteiger partial charge in [0.1, 0.15) is 22.9 Å². The molecule has 35 heavy (non-hydrogen) atoms. The first-order chi connectivity index (χ1) is 17.1. The van der Waals surface area contributed by atoms with Crippen LogP contribution in [0.3, 0.4) is 0 Å². The minimum absolute atomic E-state index is 0.272. The lowest BCUT2D eigenvalue weighted by Gasteiger charge is -2.06. The molecule has 0 saturated heterocycles. The Morgan fingerprint density at radius 1 is 0.914 bits per heavy atom. The van der Waals surface area contributed by atoms with Gasteiger partial charge in [-0.25, -0.2) is 9.37 Å². The Hall–Kier alpha value is -4.30. The Balaban J connectivity index is 1.46. The van der Waals surface area contributed by atoms with E-state index in [0.717, 1.165) is 5.39 Å². The van der Waals surface area contributed by atoms with Gasteiger partial charge >= 0.3 is 0 Å². The van der Waals surface area contributed by atoms with Gasteiger partial charge in [-0.2, -0.15) is 9.78 Å². The molecule has 0 atom stereocenters. The summed E-state index contributed by atoms with van der Waals surface area (Å²) in [6, 6.07) is 24.3. The number of fused-ring (bicyclic) bond motifs is 2. The van der Waals surface area contributed by atoms with Gasteiger partial charge in [0.25, 0.3) is 5.56 Å². The number of aromatic nitrogens is 2. The lowest BCUT2D eigenvalue weighted by molar-refractivity contribution is 0.572. The van der Waals surface area contributed by atoms with E-state index in [4.69, 9.17) is 8.83 Å². The summed E-state index contributed by atoms with van der Waals surface area (Å²) in [5, 5.41) is 5.73. The average molecular weight is 528 g/mol. The Morgan fingerprint density at radius 3 is 2.60 bits per heavy atom. The minimum Gasteiger partial charge on any atom is -0.455 e. The summed E-state index contributed by atoms with van der Waals surface area (Å²) < 4.78 is 27.1. The number of hydrogen-bond acceptors (Lipinski definition) is 5. The number of rotatable bonds is 4. The zero-order valence-corrected chi connectivity index (χ0v) is 19.6. The van der Waals surface area contributed by atoms with E-state index in [0.29, 0.717) is 43.8 Å². The highest BCUT2D eigenvalue weighted by molar-refractivity contribution is 9.10. The SMILES string of the molecule is O=c1c2ccccc2nc(-c2cc3ccccc3o2)n1N=Cc1ccc(-c2ccc(F)cc2Br)o1. The van der Waals surface area contributed by atoms with Crippen molar-refractivity contribution in [2.75, 3.05) is 0 Å². The van der Waals surface area contributed by atoms with Crippen LogP contribution in [0.2, 0.25) is 0 Å². The molecular weight excluding hydrogens is 513 g/mol. The molecule has 170 valence electrons. The van der Waals surface area contributed by atoms with E-state index in [-0.39, 0.29) is 17.2 Å². The van der Waals surface area contributed by atoms with Crippen LogP contribution in [0.5, 0.6) is 0 Å². The van der Waals surface area contributed by atoms with Gasteiger partial charge in [-0.15, -0.1) is 0 Å². The van der Waals surface area contributed by atoms with Gasteiger partial charge in [0, 0.05) is 15.4 Å². The van der Waals surface area contributed by atoms with Gasteiger partial charge < -0.3 is 8.83 Å². The van der Waals surface area contributed by atoms with E-state index >= 15 is 0 Å². The van der Waals surface area contributed by atoms with Crippen LogP contribution in [0.25, 0.3) is 44.8 Å². The van der Waals surface area contributed by atoms with E-state index in [2.05, 4.69) is 26.0 Å². The van der Waals surface area contributed by atoms with Crippen molar-refractivity contribution in [3.05, 3.63) is 111 Å². The fraction of sp³-hybridized carbons (Fsp3) is 0. The van der Waals surface area contributed by atoms with Crippen molar-refractivity contribution < 1.29 is 13.2 Å². The molecule has 3 heterocycles. The van der Waals surface area contributed by atoms with Gasteiger partial charge in [0.05, 0.1) is 17.1 Å². The summed E-state index contributed by atoms with van der Waals surface area (Å²) in [5.74, 6) is 1.28. The largest absolute Gasteiger partial charge is 0.455 e. The van der Waals surface area contributed by atoms with Crippen molar-refractivity contribution in [2.45, 2.75) is 0 Å². The summed E-state index contributed by atoms with van der Waals surface area (Å²) in [5.41, 5.74) is 1.58. The lowest BCUT2D eigenvalue weighted by atomic mass is 10.2. The topological polar surface area (TPSA) is 73.5 Å². The summed E-state index contributed by atoms with van der Waals surface area (Å²) in [4.78, 5) is 18.0. The molecule has 0 saturated carbocycles. The summed E-state index contributed by atoms with van der Waals surface area (Å²) in [6.07, 6.45) is 1.44. The summed E-state index contributed by atoms with van der Waals surface area (Å²) >= 11 is 3.35. The lowest BCUT2D eigenvalue weighted by Crippen LogP contribution is -2.20. The van der Waals surface area contributed by atoms with Crippen LogP contribution in [-0.2, 0) is 0 Å². The van der Waals surface area contributed by atoms with E-state index < -0.39 is 0 Å². The fourth-order valence-electron chi connectivity index (χ4n) is 3.85. The predicted octanol–water partition coefficient (Wildman–Crippen LogP) is 6.85. The Labute approximate surface area is 206 Å². The first kappa shape index (κ1) is 21.2. The normalized spacial score (nSPS) is 11.7. The molecule has 0 aliphatic carbocycles. The quantitative estimate of drug-likeness (QED) is 0.235. The molecule has 0 bridgehead atoms. The molecule has 3 aromatic carbocycles. The number of para-hydroxylation sites is 2. The molecule has 0 N–H and O–H groups in total. The zero-order valence-electron chi connectivity index (χ0n) is 18.0. The van der Waals surface area contributed by atoms with Crippen molar-refractivity contribution in [3.63, 3.8) is 0 Å². The number of halogens is 2. The molecule has 0 spiro atoms. The molecule has 8 heteroatoms. The molecular formula is C27H15BrFN3O3. The Kier molecular flexibility index (Phi) is 5.15. The third-order valence-electron chi connectivity index (χ3n) is 5.52. The zero-order chi connectivity index (χ0) is 23.9. The number of hydrogen-bond donors (Lipinski definition) is 0. The first-order valence-electron chi connectivity index (χ1n) is 10.7. The van der Waals surface area contributed by atoms with Gasteiger partial charge in [0.2, 0.25) is 5.82 Å². The highest BCUT2D eigenvalue weighted by Gasteiger charge is 2.16. The van der Waals surface area contributed by atoms with Crippen molar-refractivity contribution >= 4 is 44.0 Å². The van der Waals surface area contributed by atoms with Crippen LogP contribution in [-0.4, -0.2) is 15.9 Å². The third-order valence-corrected chi connectivity index (χ3v) is 6.18. The molecule has 0 fully saturated rings. The molecule has 6 rings (SSSR count). The highest BCUT2D eigenvalue weighted by atomic mass is 79.9. The van der Waals surface area contributed by atoms with Crippen molar-refractivity contribution in [3.8, 4) is 22.9 Å². The van der Waals surface area contributed by atoms with Crippen molar-refractivity contribution in [2.24, 2.45) is 5.10 Å². The monoisotopic (exact) mass is 527 g/mol. The molecule has 0 unspecified atom stereocenters. The van der Waals surface area contributed by atoms with Crippen LogP contribution in [0.1, 0.15) is 5.76 Å². The average Bonchev–Trinajstić information content (AvgIpc) is 3.50. The van der Waals surface area contributed by atoms with Crippen LogP contribution in [0.15, 0.2) is 108 Å². The molecule has 0 radical (unpaired) electrons. The smallest absolute Gasteiger partial charge is 0.282 e. The second-order valence-electron chi connectivity index (χ2n) is 7.79. The molecule has 6 nitrogen and oxygen atoms in total.